The number of hydrogen-bond donors (Lipinski definition) is 0. The van der Waals surface area contributed by atoms with Crippen LogP contribution in [0.4, 0.5) is 0 Å². The van der Waals surface area contributed by atoms with Crippen molar-refractivity contribution in [1.29, 1.82) is 0 Å². The molecule has 0 aromatic carbocycles. The highest BCUT2D eigenvalue weighted by Gasteiger charge is 1.94. The molecule has 0 radical (unpaired) electrons. The van der Waals surface area contributed by atoms with Crippen LogP contribution in [0.5, 0.6) is 0 Å². The van der Waals surface area contributed by atoms with Crippen molar-refractivity contribution < 1.29 is 0 Å². The van der Waals surface area contributed by atoms with Crippen LogP contribution in [-0.4, -0.2) is 0 Å². The molecule has 0 heterocycles. The van der Waals surface area contributed by atoms with Crippen molar-refractivity contribution in [2.45, 2.75) is 91.4 Å². The van der Waals surface area contributed by atoms with E-state index >= 15 is 0 Å². The van der Waals surface area contributed by atoms with Crippen molar-refractivity contribution in [2.75, 3.05) is 0 Å². The Morgan fingerprint density at radius 3 is 1.82 bits per heavy atom. The second kappa shape index (κ2) is 13.8. The van der Waals surface area contributed by atoms with Gasteiger partial charge in [-0.05, 0) is 31.6 Å². The molecule has 0 saturated carbocycles. The van der Waals surface area contributed by atoms with Gasteiger partial charge in [-0.2, -0.15) is 0 Å². The normalized spacial score (nSPS) is 11.8. The van der Waals surface area contributed by atoms with Crippen molar-refractivity contribution in [1.82, 2.24) is 0 Å². The summed E-state index contributed by atoms with van der Waals surface area (Å²) in [6.45, 7) is 6.91. The Kier molecular flexibility index (Phi) is 13.6. The highest BCUT2D eigenvalue weighted by atomic mass is 14.0. The van der Waals surface area contributed by atoms with Crippen LogP contribution in [0.25, 0.3) is 0 Å². The lowest BCUT2D eigenvalue weighted by Crippen LogP contribution is -1.86. The van der Waals surface area contributed by atoms with Gasteiger partial charge in [-0.1, -0.05) is 77.9 Å². The van der Waals surface area contributed by atoms with E-state index in [1.165, 1.54) is 70.6 Å². The van der Waals surface area contributed by atoms with Gasteiger partial charge in [0.25, 0.3) is 0 Å². The van der Waals surface area contributed by atoms with Crippen molar-refractivity contribution in [3.8, 4) is 0 Å². The fourth-order valence-corrected chi connectivity index (χ4v) is 2.09. The highest BCUT2D eigenvalue weighted by Crippen LogP contribution is 2.11. The van der Waals surface area contributed by atoms with Gasteiger partial charge in [0.2, 0.25) is 0 Å². The highest BCUT2D eigenvalue weighted by molar-refractivity contribution is 4.81. The lowest BCUT2D eigenvalue weighted by molar-refractivity contribution is 0.516. The van der Waals surface area contributed by atoms with Crippen molar-refractivity contribution in [3.63, 3.8) is 0 Å². The molecule has 0 amide bonds. The first kappa shape index (κ1) is 16.7. The third-order valence-corrected chi connectivity index (χ3v) is 3.29. The topological polar surface area (TPSA) is 0 Å². The molecule has 0 atom stereocenters. The fraction of sp³-hybridized carbons (Fsp3) is 0.882. The van der Waals surface area contributed by atoms with Gasteiger partial charge in [0.15, 0.2) is 0 Å². The predicted molar refractivity (Wildman–Crippen MR) is 80.4 cm³/mol. The Bertz CT molecular complexity index is 155. The van der Waals surface area contributed by atoms with E-state index in [0.717, 1.165) is 5.92 Å². The van der Waals surface area contributed by atoms with E-state index in [1.807, 2.05) is 0 Å². The van der Waals surface area contributed by atoms with E-state index in [4.69, 9.17) is 0 Å². The molecule has 17 heavy (non-hydrogen) atoms. The summed E-state index contributed by atoms with van der Waals surface area (Å²) in [4.78, 5) is 0. The zero-order valence-corrected chi connectivity index (χ0v) is 12.5. The van der Waals surface area contributed by atoms with Crippen LogP contribution >= 0.6 is 0 Å². The summed E-state index contributed by atoms with van der Waals surface area (Å²) in [5, 5.41) is 0. The molecule has 0 fully saturated rings. The summed E-state index contributed by atoms with van der Waals surface area (Å²) >= 11 is 0. The fourth-order valence-electron chi connectivity index (χ4n) is 2.09. The Balaban J connectivity index is 3.02. The average Bonchev–Trinajstić information content (AvgIpc) is 2.30. The molecule has 0 aromatic rings. The number of unbranched alkanes of at least 4 members (excludes halogenated alkanes) is 8. The number of hydrogen-bond acceptors (Lipinski definition) is 0. The maximum atomic E-state index is 2.39. The van der Waals surface area contributed by atoms with Gasteiger partial charge < -0.3 is 0 Å². The molecular formula is C17H34. The van der Waals surface area contributed by atoms with Crippen LogP contribution in [0, 0.1) is 5.92 Å². The smallest absolute Gasteiger partial charge is 0.0351 e. The molecule has 0 saturated heterocycles. The Labute approximate surface area is 110 Å². The summed E-state index contributed by atoms with van der Waals surface area (Å²) in [5.74, 6) is 0.890. The summed E-state index contributed by atoms with van der Waals surface area (Å²) in [7, 11) is 0. The van der Waals surface area contributed by atoms with Crippen molar-refractivity contribution in [2.24, 2.45) is 5.92 Å². The SMILES string of the molecule is CCCCC/C=C\CCCCCCCC(C)C. The number of allylic oxidation sites excluding steroid dienone is 2. The van der Waals surface area contributed by atoms with Crippen molar-refractivity contribution >= 4 is 0 Å². The van der Waals surface area contributed by atoms with Crippen LogP contribution in [-0.2, 0) is 0 Å². The molecule has 0 unspecified atom stereocenters. The maximum absolute atomic E-state index is 2.39. The van der Waals surface area contributed by atoms with Gasteiger partial charge in [0, 0.05) is 0 Å². The average molecular weight is 238 g/mol. The molecule has 0 N–H and O–H groups in total. The summed E-state index contributed by atoms with van der Waals surface area (Å²) < 4.78 is 0. The van der Waals surface area contributed by atoms with Gasteiger partial charge >= 0.3 is 0 Å². The minimum Gasteiger partial charge on any atom is -0.0885 e. The van der Waals surface area contributed by atoms with E-state index in [2.05, 4.69) is 32.9 Å². The van der Waals surface area contributed by atoms with Crippen LogP contribution in [0.1, 0.15) is 91.4 Å². The lowest BCUT2D eigenvalue weighted by Gasteiger charge is -2.03. The molecule has 0 aliphatic carbocycles. The van der Waals surface area contributed by atoms with Gasteiger partial charge in [0.05, 0.1) is 0 Å². The Morgan fingerprint density at radius 2 is 1.24 bits per heavy atom. The van der Waals surface area contributed by atoms with E-state index in [-0.39, 0.29) is 0 Å². The van der Waals surface area contributed by atoms with Crippen molar-refractivity contribution in [3.05, 3.63) is 12.2 Å². The molecule has 0 rings (SSSR count). The van der Waals surface area contributed by atoms with Gasteiger partial charge in [-0.25, -0.2) is 0 Å². The van der Waals surface area contributed by atoms with Gasteiger partial charge in [0.1, 0.15) is 0 Å². The van der Waals surface area contributed by atoms with Crippen LogP contribution in [0.15, 0.2) is 12.2 Å². The molecule has 0 nitrogen and oxygen atoms in total. The molecule has 102 valence electrons. The predicted octanol–water partition coefficient (Wildman–Crippen LogP) is 6.51. The first-order valence-electron chi connectivity index (χ1n) is 7.92. The first-order valence-corrected chi connectivity index (χ1v) is 7.92. The quantitative estimate of drug-likeness (QED) is 0.268. The largest absolute Gasteiger partial charge is 0.0885 e. The minimum atomic E-state index is 0.890. The Morgan fingerprint density at radius 1 is 0.706 bits per heavy atom. The van der Waals surface area contributed by atoms with E-state index < -0.39 is 0 Å². The van der Waals surface area contributed by atoms with Crippen LogP contribution in [0.3, 0.4) is 0 Å². The maximum Gasteiger partial charge on any atom is -0.0351 e. The lowest BCUT2D eigenvalue weighted by atomic mass is 10.0. The molecule has 0 aromatic heterocycles. The summed E-state index contributed by atoms with van der Waals surface area (Å²) in [6, 6.07) is 0. The molecule has 0 bridgehead atoms. The van der Waals surface area contributed by atoms with E-state index in [9.17, 15) is 0 Å². The van der Waals surface area contributed by atoms with Gasteiger partial charge in [-0.3, -0.25) is 0 Å². The number of rotatable bonds is 12. The van der Waals surface area contributed by atoms with E-state index in [0.29, 0.717) is 0 Å². The van der Waals surface area contributed by atoms with Gasteiger partial charge in [-0.15, -0.1) is 0 Å². The van der Waals surface area contributed by atoms with Crippen LogP contribution < -0.4 is 0 Å². The third kappa shape index (κ3) is 15.7. The first-order chi connectivity index (χ1) is 8.27. The second-order valence-electron chi connectivity index (χ2n) is 5.71. The zero-order chi connectivity index (χ0) is 12.8. The summed E-state index contributed by atoms with van der Waals surface area (Å²) in [6.07, 6.45) is 20.0. The molecule has 0 heteroatoms. The van der Waals surface area contributed by atoms with E-state index in [1.54, 1.807) is 0 Å². The molecular weight excluding hydrogens is 204 g/mol. The standard InChI is InChI=1S/C17H34/c1-4-5-6-7-8-9-10-11-12-13-14-15-16-17(2)3/h8-9,17H,4-7,10-16H2,1-3H3/b9-8-. The minimum absolute atomic E-state index is 0.890. The van der Waals surface area contributed by atoms with Crippen LogP contribution in [0.2, 0.25) is 0 Å². The third-order valence-electron chi connectivity index (χ3n) is 3.29. The second-order valence-corrected chi connectivity index (χ2v) is 5.71. The zero-order valence-electron chi connectivity index (χ0n) is 12.5. The Hall–Kier alpha value is -0.260. The monoisotopic (exact) mass is 238 g/mol. The summed E-state index contributed by atoms with van der Waals surface area (Å²) in [5.41, 5.74) is 0. The molecule has 0 spiro atoms. The molecule has 0 aliphatic rings. The molecule has 0 aliphatic heterocycles.